The predicted octanol–water partition coefficient (Wildman–Crippen LogP) is 2.20. The summed E-state index contributed by atoms with van der Waals surface area (Å²) in [5, 5.41) is 9.08. The molecule has 1 aromatic rings. The third kappa shape index (κ3) is 3.59. The monoisotopic (exact) mass is 236 g/mol. The number of hydrogen-bond acceptors (Lipinski definition) is 3. The minimum Gasteiger partial charge on any atom is -0.480 e. The van der Waals surface area contributed by atoms with Gasteiger partial charge in [-0.05, 0) is 18.9 Å². The molecule has 4 nitrogen and oxygen atoms in total. The van der Waals surface area contributed by atoms with Crippen molar-refractivity contribution in [3.8, 4) is 0 Å². The van der Waals surface area contributed by atoms with Crippen molar-refractivity contribution < 1.29 is 19.4 Å². The van der Waals surface area contributed by atoms with E-state index in [0.717, 1.165) is 0 Å². The van der Waals surface area contributed by atoms with Gasteiger partial charge in [0.15, 0.2) is 5.92 Å². The maximum Gasteiger partial charge on any atom is 0.325 e. The first-order chi connectivity index (χ1) is 8.06. The highest BCUT2D eigenvalue weighted by Crippen LogP contribution is 2.18. The van der Waals surface area contributed by atoms with Crippen LogP contribution in [-0.2, 0) is 14.3 Å². The molecule has 0 heterocycles. The molecule has 0 aliphatic rings. The van der Waals surface area contributed by atoms with Crippen LogP contribution in [0, 0.1) is 0 Å². The van der Waals surface area contributed by atoms with E-state index in [-0.39, 0.29) is 6.10 Å². The fourth-order valence-electron chi connectivity index (χ4n) is 1.37. The largest absolute Gasteiger partial charge is 0.480 e. The van der Waals surface area contributed by atoms with Gasteiger partial charge in [-0.3, -0.25) is 9.59 Å². The summed E-state index contributed by atoms with van der Waals surface area (Å²) in [6, 6.07) is 8.37. The average molecular weight is 236 g/mol. The molecule has 17 heavy (non-hydrogen) atoms. The maximum absolute atomic E-state index is 11.8. The van der Waals surface area contributed by atoms with Crippen LogP contribution in [0.25, 0.3) is 0 Å². The second kappa shape index (κ2) is 6.03. The number of carboxylic acid groups (broad SMARTS) is 1. The Morgan fingerprint density at radius 1 is 1.29 bits per heavy atom. The number of aliphatic carboxylic acids is 1. The number of hydrogen-bond donors (Lipinski definition) is 1. The zero-order valence-corrected chi connectivity index (χ0v) is 9.92. The van der Waals surface area contributed by atoms with Crippen LogP contribution in [0.3, 0.4) is 0 Å². The van der Waals surface area contributed by atoms with Gasteiger partial charge < -0.3 is 9.84 Å². The Hall–Kier alpha value is -1.84. The quantitative estimate of drug-likeness (QED) is 0.628. The molecule has 2 atom stereocenters. The first-order valence-corrected chi connectivity index (χ1v) is 5.54. The van der Waals surface area contributed by atoms with Gasteiger partial charge in [-0.25, -0.2) is 0 Å². The van der Waals surface area contributed by atoms with Gasteiger partial charge in [-0.2, -0.15) is 0 Å². The number of rotatable bonds is 5. The Bertz CT molecular complexity index is 386. The van der Waals surface area contributed by atoms with Gasteiger partial charge in [0.05, 0.1) is 6.10 Å². The van der Waals surface area contributed by atoms with Crippen molar-refractivity contribution in [2.75, 3.05) is 0 Å². The first kappa shape index (κ1) is 13.2. The van der Waals surface area contributed by atoms with Crippen LogP contribution < -0.4 is 0 Å². The van der Waals surface area contributed by atoms with E-state index < -0.39 is 17.9 Å². The smallest absolute Gasteiger partial charge is 0.325 e. The Morgan fingerprint density at radius 3 is 2.35 bits per heavy atom. The standard InChI is InChI=1S/C13H16O4/c1-3-9(2)17-13(16)11(12(14)15)10-7-5-4-6-8-10/h4-9,11H,3H2,1-2H3,(H,14,15). The highest BCUT2D eigenvalue weighted by molar-refractivity contribution is 5.99. The zero-order chi connectivity index (χ0) is 12.8. The molecular weight excluding hydrogens is 220 g/mol. The molecule has 0 fully saturated rings. The number of ether oxygens (including phenoxy) is 1. The summed E-state index contributed by atoms with van der Waals surface area (Å²) in [6.07, 6.45) is 0.389. The second-order valence-corrected chi connectivity index (χ2v) is 3.84. The third-order valence-corrected chi connectivity index (χ3v) is 2.51. The lowest BCUT2D eigenvalue weighted by Gasteiger charge is -2.15. The molecule has 92 valence electrons. The van der Waals surface area contributed by atoms with E-state index in [2.05, 4.69) is 0 Å². The van der Waals surface area contributed by atoms with Gasteiger partial charge >= 0.3 is 11.9 Å². The highest BCUT2D eigenvalue weighted by atomic mass is 16.5. The van der Waals surface area contributed by atoms with Gasteiger partial charge in [-0.1, -0.05) is 37.3 Å². The summed E-state index contributed by atoms with van der Waals surface area (Å²) in [6.45, 7) is 3.61. The van der Waals surface area contributed by atoms with Gasteiger partial charge in [0, 0.05) is 0 Å². The Morgan fingerprint density at radius 2 is 1.88 bits per heavy atom. The minimum atomic E-state index is -1.25. The van der Waals surface area contributed by atoms with Gasteiger partial charge in [-0.15, -0.1) is 0 Å². The number of carbonyl (C=O) groups excluding carboxylic acids is 1. The number of carbonyl (C=O) groups is 2. The Balaban J connectivity index is 2.87. The Kier molecular flexibility index (Phi) is 4.69. The summed E-state index contributed by atoms with van der Waals surface area (Å²) in [5.74, 6) is -3.15. The van der Waals surface area contributed by atoms with Crippen molar-refractivity contribution in [3.05, 3.63) is 35.9 Å². The first-order valence-electron chi connectivity index (χ1n) is 5.54. The summed E-state index contributed by atoms with van der Waals surface area (Å²) in [5.41, 5.74) is 0.438. The summed E-state index contributed by atoms with van der Waals surface area (Å²) >= 11 is 0. The van der Waals surface area contributed by atoms with E-state index >= 15 is 0 Å². The SMILES string of the molecule is CCC(C)OC(=O)C(C(=O)O)c1ccccc1. The maximum atomic E-state index is 11.8. The summed E-state index contributed by atoms with van der Waals surface area (Å²) in [7, 11) is 0. The van der Waals surface area contributed by atoms with Crippen molar-refractivity contribution >= 4 is 11.9 Å². The van der Waals surface area contributed by atoms with Gasteiger partial charge in [0.1, 0.15) is 0 Å². The molecule has 0 bridgehead atoms. The van der Waals surface area contributed by atoms with Gasteiger partial charge in [0.2, 0.25) is 0 Å². The molecule has 0 aromatic heterocycles. The molecule has 0 saturated carbocycles. The van der Waals surface area contributed by atoms with Crippen molar-refractivity contribution in [2.24, 2.45) is 0 Å². The molecule has 4 heteroatoms. The predicted molar refractivity (Wildman–Crippen MR) is 62.7 cm³/mol. The number of esters is 1. The van der Waals surface area contributed by atoms with E-state index in [1.54, 1.807) is 37.3 Å². The molecule has 0 radical (unpaired) electrons. The molecule has 1 rings (SSSR count). The lowest BCUT2D eigenvalue weighted by atomic mass is 9.99. The van der Waals surface area contributed by atoms with Crippen LogP contribution in [0.2, 0.25) is 0 Å². The van der Waals surface area contributed by atoms with Crippen molar-refractivity contribution in [3.63, 3.8) is 0 Å². The van der Waals surface area contributed by atoms with Crippen LogP contribution >= 0.6 is 0 Å². The van der Waals surface area contributed by atoms with Crippen molar-refractivity contribution in [1.82, 2.24) is 0 Å². The number of benzene rings is 1. The molecular formula is C13H16O4. The number of carboxylic acids is 1. The van der Waals surface area contributed by atoms with Crippen LogP contribution in [0.1, 0.15) is 31.7 Å². The summed E-state index contributed by atoms with van der Waals surface area (Å²) < 4.78 is 5.06. The van der Waals surface area contributed by atoms with E-state index in [1.165, 1.54) is 0 Å². The molecule has 0 saturated heterocycles. The van der Waals surface area contributed by atoms with Crippen molar-refractivity contribution in [2.45, 2.75) is 32.3 Å². The lowest BCUT2D eigenvalue weighted by molar-refractivity contribution is -0.157. The van der Waals surface area contributed by atoms with E-state index in [0.29, 0.717) is 12.0 Å². The van der Waals surface area contributed by atoms with Crippen molar-refractivity contribution in [1.29, 1.82) is 0 Å². The van der Waals surface area contributed by atoms with E-state index in [9.17, 15) is 9.59 Å². The fourth-order valence-corrected chi connectivity index (χ4v) is 1.37. The average Bonchev–Trinajstić information content (AvgIpc) is 2.29. The van der Waals surface area contributed by atoms with E-state index in [4.69, 9.17) is 9.84 Å². The summed E-state index contributed by atoms with van der Waals surface area (Å²) in [4.78, 5) is 22.9. The van der Waals surface area contributed by atoms with Crippen LogP contribution in [0.4, 0.5) is 0 Å². The van der Waals surface area contributed by atoms with E-state index in [1.807, 2.05) is 6.92 Å². The van der Waals surface area contributed by atoms with Gasteiger partial charge in [0.25, 0.3) is 0 Å². The zero-order valence-electron chi connectivity index (χ0n) is 9.92. The lowest BCUT2D eigenvalue weighted by Crippen LogP contribution is -2.26. The molecule has 0 amide bonds. The molecule has 0 spiro atoms. The normalized spacial score (nSPS) is 13.8. The molecule has 2 unspecified atom stereocenters. The molecule has 1 N–H and O–H groups in total. The Labute approximate surface area is 100 Å². The minimum absolute atomic E-state index is 0.270. The molecule has 1 aromatic carbocycles. The van der Waals surface area contributed by atoms with Crippen LogP contribution in [0.5, 0.6) is 0 Å². The third-order valence-electron chi connectivity index (χ3n) is 2.51. The van der Waals surface area contributed by atoms with Crippen LogP contribution in [0.15, 0.2) is 30.3 Å². The fraction of sp³-hybridized carbons (Fsp3) is 0.385. The molecule has 0 aliphatic carbocycles. The highest BCUT2D eigenvalue weighted by Gasteiger charge is 2.30. The molecule has 0 aliphatic heterocycles. The van der Waals surface area contributed by atoms with Crippen LogP contribution in [-0.4, -0.2) is 23.1 Å². The second-order valence-electron chi connectivity index (χ2n) is 3.84. The topological polar surface area (TPSA) is 63.6 Å².